The van der Waals surface area contributed by atoms with Crippen LogP contribution in [0.1, 0.15) is 38.5 Å². The highest BCUT2D eigenvalue weighted by molar-refractivity contribution is 5.91. The molecule has 0 atom stereocenters. The van der Waals surface area contributed by atoms with Crippen LogP contribution in [0, 0.1) is 5.92 Å². The van der Waals surface area contributed by atoms with Crippen molar-refractivity contribution in [3.8, 4) is 11.4 Å². The van der Waals surface area contributed by atoms with Crippen LogP contribution in [0.2, 0.25) is 0 Å². The van der Waals surface area contributed by atoms with E-state index < -0.39 is 0 Å². The van der Waals surface area contributed by atoms with E-state index in [2.05, 4.69) is 20.9 Å². The van der Waals surface area contributed by atoms with E-state index in [1.165, 1.54) is 32.1 Å². The summed E-state index contributed by atoms with van der Waals surface area (Å²) in [7, 11) is 0. The van der Waals surface area contributed by atoms with Gasteiger partial charge in [-0.1, -0.05) is 31.4 Å². The molecule has 1 amide bonds. The van der Waals surface area contributed by atoms with Gasteiger partial charge in [-0.3, -0.25) is 9.78 Å². The predicted octanol–water partition coefficient (Wildman–Crippen LogP) is 4.31. The topological polar surface area (TPSA) is 62.2 Å². The highest BCUT2D eigenvalue weighted by Gasteiger charge is 2.26. The Kier molecular flexibility index (Phi) is 5.78. The molecule has 3 heterocycles. The van der Waals surface area contributed by atoms with Gasteiger partial charge in [-0.2, -0.15) is 0 Å². The molecule has 160 valence electrons. The van der Waals surface area contributed by atoms with Crippen molar-refractivity contribution in [1.29, 1.82) is 0 Å². The van der Waals surface area contributed by atoms with Gasteiger partial charge in [0.2, 0.25) is 5.91 Å². The molecule has 0 spiro atoms. The highest BCUT2D eigenvalue weighted by Crippen LogP contribution is 2.29. The van der Waals surface area contributed by atoms with Gasteiger partial charge < -0.3 is 9.80 Å². The normalized spacial score (nSPS) is 17.8. The van der Waals surface area contributed by atoms with Crippen LogP contribution in [-0.2, 0) is 4.79 Å². The van der Waals surface area contributed by atoms with E-state index in [-0.39, 0.29) is 0 Å². The predicted molar refractivity (Wildman–Crippen MR) is 123 cm³/mol. The van der Waals surface area contributed by atoms with Crippen molar-refractivity contribution in [3.63, 3.8) is 0 Å². The molecule has 6 heteroatoms. The van der Waals surface area contributed by atoms with E-state index in [9.17, 15) is 4.79 Å². The zero-order valence-electron chi connectivity index (χ0n) is 17.9. The summed E-state index contributed by atoms with van der Waals surface area (Å²) in [6.07, 6.45) is 10.6. The fourth-order valence-electron chi connectivity index (χ4n) is 4.87. The molecular weight excluding hydrogens is 386 g/mol. The van der Waals surface area contributed by atoms with Gasteiger partial charge >= 0.3 is 0 Å². The number of fused-ring (bicyclic) bond motifs is 1. The third-order valence-corrected chi connectivity index (χ3v) is 6.64. The number of carbonyl (C=O) groups is 1. The van der Waals surface area contributed by atoms with Crippen LogP contribution in [0.4, 0.5) is 5.82 Å². The zero-order valence-corrected chi connectivity index (χ0v) is 17.9. The van der Waals surface area contributed by atoms with Crippen molar-refractivity contribution < 1.29 is 4.79 Å². The molecule has 0 unspecified atom stereocenters. The van der Waals surface area contributed by atoms with Crippen molar-refractivity contribution in [2.24, 2.45) is 5.92 Å². The molecule has 2 aliphatic rings. The number of hydrogen-bond acceptors (Lipinski definition) is 5. The third-order valence-electron chi connectivity index (χ3n) is 6.64. The van der Waals surface area contributed by atoms with Gasteiger partial charge in [-0.05, 0) is 43.0 Å². The Bertz CT molecular complexity index is 1040. The molecule has 0 radical (unpaired) electrons. The molecular formula is C25H29N5O. The number of benzene rings is 1. The van der Waals surface area contributed by atoms with Gasteiger partial charge in [0.05, 0.1) is 5.52 Å². The first-order valence-electron chi connectivity index (χ1n) is 11.5. The van der Waals surface area contributed by atoms with E-state index in [4.69, 9.17) is 9.97 Å². The van der Waals surface area contributed by atoms with Gasteiger partial charge in [-0.25, -0.2) is 9.97 Å². The molecule has 5 rings (SSSR count). The number of piperazine rings is 1. The molecule has 31 heavy (non-hydrogen) atoms. The lowest BCUT2D eigenvalue weighted by molar-refractivity contribution is -0.132. The largest absolute Gasteiger partial charge is 0.352 e. The van der Waals surface area contributed by atoms with Gasteiger partial charge in [0, 0.05) is 55.9 Å². The van der Waals surface area contributed by atoms with Crippen LogP contribution in [0.5, 0.6) is 0 Å². The van der Waals surface area contributed by atoms with Gasteiger partial charge in [0.25, 0.3) is 0 Å². The monoisotopic (exact) mass is 415 g/mol. The molecule has 2 aromatic heterocycles. The van der Waals surface area contributed by atoms with Crippen molar-refractivity contribution in [3.05, 3.63) is 48.8 Å². The molecule has 2 fully saturated rings. The lowest BCUT2D eigenvalue weighted by Gasteiger charge is -2.36. The van der Waals surface area contributed by atoms with Crippen molar-refractivity contribution in [2.45, 2.75) is 38.5 Å². The van der Waals surface area contributed by atoms with Crippen LogP contribution in [0.15, 0.2) is 48.8 Å². The minimum Gasteiger partial charge on any atom is -0.352 e. The fourth-order valence-corrected chi connectivity index (χ4v) is 4.87. The van der Waals surface area contributed by atoms with Gasteiger partial charge in [-0.15, -0.1) is 0 Å². The quantitative estimate of drug-likeness (QED) is 0.635. The number of rotatable bonds is 4. The standard InChI is InChI=1S/C25H29N5O/c31-23(18-19-6-2-1-3-7-19)29-14-16-30(17-15-29)25-21-8-4-5-9-22(21)27-24(28-25)20-10-12-26-13-11-20/h4-5,8-13,19H,1-3,6-7,14-18H2. The first kappa shape index (κ1) is 19.9. The summed E-state index contributed by atoms with van der Waals surface area (Å²) in [4.78, 5) is 31.0. The molecule has 1 saturated heterocycles. The summed E-state index contributed by atoms with van der Waals surface area (Å²) >= 11 is 0. The van der Waals surface area contributed by atoms with E-state index in [0.29, 0.717) is 17.6 Å². The van der Waals surface area contributed by atoms with Gasteiger partial charge in [0.1, 0.15) is 5.82 Å². The summed E-state index contributed by atoms with van der Waals surface area (Å²) in [5, 5.41) is 1.06. The summed E-state index contributed by atoms with van der Waals surface area (Å²) in [5.41, 5.74) is 1.90. The summed E-state index contributed by atoms with van der Waals surface area (Å²) < 4.78 is 0. The highest BCUT2D eigenvalue weighted by atomic mass is 16.2. The maximum Gasteiger partial charge on any atom is 0.222 e. The zero-order chi connectivity index (χ0) is 21.0. The fraction of sp³-hybridized carbons (Fsp3) is 0.440. The van der Waals surface area contributed by atoms with Crippen LogP contribution in [-0.4, -0.2) is 51.9 Å². The third kappa shape index (κ3) is 4.38. The molecule has 0 N–H and O–H groups in total. The molecule has 1 aliphatic carbocycles. The number of nitrogens with zero attached hydrogens (tertiary/aromatic N) is 5. The molecule has 1 aromatic carbocycles. The molecule has 1 aliphatic heterocycles. The lowest BCUT2D eigenvalue weighted by Crippen LogP contribution is -2.49. The van der Waals surface area contributed by atoms with Crippen LogP contribution < -0.4 is 4.90 Å². The Morgan fingerprint density at radius 2 is 1.65 bits per heavy atom. The average Bonchev–Trinajstić information content (AvgIpc) is 2.84. The maximum absolute atomic E-state index is 12.8. The van der Waals surface area contributed by atoms with Crippen LogP contribution in [0.25, 0.3) is 22.3 Å². The van der Waals surface area contributed by atoms with Gasteiger partial charge in [0.15, 0.2) is 5.82 Å². The Morgan fingerprint density at radius 3 is 2.42 bits per heavy atom. The second-order valence-corrected chi connectivity index (χ2v) is 8.70. The van der Waals surface area contributed by atoms with E-state index in [0.717, 1.165) is 54.9 Å². The van der Waals surface area contributed by atoms with E-state index in [1.54, 1.807) is 12.4 Å². The second kappa shape index (κ2) is 9.00. The Labute approximate surface area is 183 Å². The van der Waals surface area contributed by atoms with E-state index in [1.807, 2.05) is 30.3 Å². The number of amides is 1. The average molecular weight is 416 g/mol. The van der Waals surface area contributed by atoms with E-state index >= 15 is 0 Å². The number of carbonyl (C=O) groups excluding carboxylic acids is 1. The smallest absolute Gasteiger partial charge is 0.222 e. The minimum atomic E-state index is 0.330. The lowest BCUT2D eigenvalue weighted by atomic mass is 9.86. The molecule has 0 bridgehead atoms. The number of pyridine rings is 1. The Morgan fingerprint density at radius 1 is 0.903 bits per heavy atom. The summed E-state index contributed by atoms with van der Waals surface area (Å²) in [6.45, 7) is 3.11. The maximum atomic E-state index is 12.8. The summed E-state index contributed by atoms with van der Waals surface area (Å²) in [5.74, 6) is 2.59. The summed E-state index contributed by atoms with van der Waals surface area (Å²) in [6, 6.07) is 12.0. The number of para-hydroxylation sites is 1. The SMILES string of the molecule is O=C(CC1CCCCC1)N1CCN(c2nc(-c3ccncc3)nc3ccccc23)CC1. The Balaban J connectivity index is 1.34. The first-order chi connectivity index (χ1) is 15.3. The van der Waals surface area contributed by atoms with Crippen molar-refractivity contribution in [2.75, 3.05) is 31.1 Å². The van der Waals surface area contributed by atoms with Crippen LogP contribution >= 0.6 is 0 Å². The molecule has 1 saturated carbocycles. The van der Waals surface area contributed by atoms with Crippen LogP contribution in [0.3, 0.4) is 0 Å². The number of anilines is 1. The first-order valence-corrected chi connectivity index (χ1v) is 11.5. The van der Waals surface area contributed by atoms with Crippen molar-refractivity contribution >= 4 is 22.6 Å². The Hall–Kier alpha value is -3.02. The molecule has 3 aromatic rings. The molecule has 6 nitrogen and oxygen atoms in total. The van der Waals surface area contributed by atoms with Crippen molar-refractivity contribution in [1.82, 2.24) is 19.9 Å². The second-order valence-electron chi connectivity index (χ2n) is 8.70. The number of hydrogen-bond donors (Lipinski definition) is 0. The minimum absolute atomic E-state index is 0.330. The number of aromatic nitrogens is 3.